The quantitative estimate of drug-likeness (QED) is 0.780. The summed E-state index contributed by atoms with van der Waals surface area (Å²) in [5, 5.41) is 1.03. The summed E-state index contributed by atoms with van der Waals surface area (Å²) in [6.45, 7) is 3.68. The van der Waals surface area contributed by atoms with Crippen LogP contribution in [-0.2, 0) is 14.9 Å². The Morgan fingerprint density at radius 2 is 2.06 bits per heavy atom. The lowest BCUT2D eigenvalue weighted by molar-refractivity contribution is -0.146. The third-order valence-corrected chi connectivity index (χ3v) is 3.06. The molecule has 0 atom stereocenters. The van der Waals surface area contributed by atoms with Gasteiger partial charge >= 0.3 is 5.97 Å². The molecule has 3 N–H and O–H groups in total. The molecule has 0 unspecified atom stereocenters. The number of esters is 1. The second-order valence-corrected chi connectivity index (χ2v) is 4.64. The summed E-state index contributed by atoms with van der Waals surface area (Å²) in [6.07, 6.45) is 0. The maximum absolute atomic E-state index is 11.7. The molecular formula is C13H16N2O2. The van der Waals surface area contributed by atoms with Crippen molar-refractivity contribution in [2.75, 3.05) is 12.8 Å². The molecule has 0 aliphatic carbocycles. The van der Waals surface area contributed by atoms with E-state index in [2.05, 4.69) is 4.98 Å². The molecule has 0 bridgehead atoms. The van der Waals surface area contributed by atoms with Gasteiger partial charge in [0.05, 0.1) is 12.5 Å². The maximum atomic E-state index is 11.7. The molecular weight excluding hydrogens is 216 g/mol. The average molecular weight is 232 g/mol. The zero-order valence-corrected chi connectivity index (χ0v) is 10.2. The Bertz CT molecular complexity index is 570. The fraction of sp³-hybridized carbons (Fsp3) is 0.308. The molecule has 2 rings (SSSR count). The van der Waals surface area contributed by atoms with Crippen LogP contribution >= 0.6 is 0 Å². The van der Waals surface area contributed by atoms with Gasteiger partial charge in [-0.1, -0.05) is 12.1 Å². The van der Waals surface area contributed by atoms with E-state index in [1.807, 2.05) is 38.1 Å². The van der Waals surface area contributed by atoms with Crippen LogP contribution in [0, 0.1) is 0 Å². The molecule has 0 amide bonds. The predicted octanol–water partition coefficient (Wildman–Crippen LogP) is 2.20. The second-order valence-electron chi connectivity index (χ2n) is 4.64. The van der Waals surface area contributed by atoms with Crippen molar-refractivity contribution in [3.63, 3.8) is 0 Å². The number of nitrogen functional groups attached to an aromatic ring is 1. The van der Waals surface area contributed by atoms with Gasteiger partial charge in [0.1, 0.15) is 5.82 Å². The molecule has 0 aliphatic rings. The van der Waals surface area contributed by atoms with Crippen molar-refractivity contribution < 1.29 is 9.53 Å². The van der Waals surface area contributed by atoms with E-state index >= 15 is 0 Å². The highest BCUT2D eigenvalue weighted by atomic mass is 16.5. The lowest BCUT2D eigenvalue weighted by Crippen LogP contribution is -2.30. The van der Waals surface area contributed by atoms with Crippen molar-refractivity contribution >= 4 is 22.7 Å². The molecule has 0 fully saturated rings. The van der Waals surface area contributed by atoms with Crippen LogP contribution in [0.25, 0.3) is 10.9 Å². The minimum absolute atomic E-state index is 0.253. The molecule has 0 saturated heterocycles. The number of anilines is 1. The smallest absolute Gasteiger partial charge is 0.315 e. The van der Waals surface area contributed by atoms with Crippen LogP contribution in [0.15, 0.2) is 24.3 Å². The number of H-pyrrole nitrogens is 1. The van der Waals surface area contributed by atoms with E-state index in [0.717, 1.165) is 16.5 Å². The summed E-state index contributed by atoms with van der Waals surface area (Å²) in [7, 11) is 1.40. The number of benzene rings is 1. The summed E-state index contributed by atoms with van der Waals surface area (Å²) in [6, 6.07) is 7.67. The number of fused-ring (bicyclic) bond motifs is 1. The zero-order chi connectivity index (χ0) is 12.6. The first-order valence-corrected chi connectivity index (χ1v) is 5.42. The molecule has 0 aliphatic heterocycles. The Morgan fingerprint density at radius 1 is 1.35 bits per heavy atom. The Kier molecular flexibility index (Phi) is 2.58. The van der Waals surface area contributed by atoms with Crippen LogP contribution < -0.4 is 5.73 Å². The van der Waals surface area contributed by atoms with Crippen LogP contribution in [0.4, 0.5) is 5.82 Å². The van der Waals surface area contributed by atoms with Gasteiger partial charge in [-0.15, -0.1) is 0 Å². The molecule has 1 aromatic heterocycles. The van der Waals surface area contributed by atoms with Gasteiger partial charge in [0.25, 0.3) is 0 Å². The van der Waals surface area contributed by atoms with Crippen molar-refractivity contribution in [1.82, 2.24) is 4.98 Å². The lowest BCUT2D eigenvalue weighted by atomic mass is 9.84. The van der Waals surface area contributed by atoms with E-state index < -0.39 is 5.41 Å². The van der Waals surface area contributed by atoms with E-state index in [1.54, 1.807) is 0 Å². The van der Waals surface area contributed by atoms with E-state index in [9.17, 15) is 4.79 Å². The van der Waals surface area contributed by atoms with Crippen LogP contribution in [0.5, 0.6) is 0 Å². The van der Waals surface area contributed by atoms with E-state index in [0.29, 0.717) is 5.82 Å². The van der Waals surface area contributed by atoms with Gasteiger partial charge in [0.2, 0.25) is 0 Å². The minimum Gasteiger partial charge on any atom is -0.468 e. The lowest BCUT2D eigenvalue weighted by Gasteiger charge is -2.21. The predicted molar refractivity (Wildman–Crippen MR) is 67.8 cm³/mol. The Balaban J connectivity index is 2.52. The summed E-state index contributed by atoms with van der Waals surface area (Å²) in [4.78, 5) is 14.8. The zero-order valence-electron chi connectivity index (χ0n) is 10.2. The Labute approximate surface area is 99.8 Å². The monoisotopic (exact) mass is 232 g/mol. The first-order valence-electron chi connectivity index (χ1n) is 5.42. The summed E-state index contributed by atoms with van der Waals surface area (Å²) < 4.78 is 4.81. The van der Waals surface area contributed by atoms with E-state index in [1.165, 1.54) is 7.11 Å². The van der Waals surface area contributed by atoms with Crippen molar-refractivity contribution in [3.05, 3.63) is 29.8 Å². The highest BCUT2D eigenvalue weighted by Gasteiger charge is 2.31. The number of carbonyl (C=O) groups excluding carboxylic acids is 1. The van der Waals surface area contributed by atoms with Gasteiger partial charge in [-0.3, -0.25) is 4.79 Å². The van der Waals surface area contributed by atoms with Crippen LogP contribution in [0.1, 0.15) is 19.4 Å². The largest absolute Gasteiger partial charge is 0.468 e. The SMILES string of the molecule is COC(=O)C(C)(C)c1ccc2cc(N)[nH]c2c1. The number of carbonyl (C=O) groups is 1. The Hall–Kier alpha value is -1.97. The molecule has 0 radical (unpaired) electrons. The first-order chi connectivity index (χ1) is 7.95. The number of hydrogen-bond acceptors (Lipinski definition) is 3. The van der Waals surface area contributed by atoms with Crippen LogP contribution in [0.2, 0.25) is 0 Å². The molecule has 4 nitrogen and oxygen atoms in total. The number of ether oxygens (including phenoxy) is 1. The van der Waals surface area contributed by atoms with E-state index in [-0.39, 0.29) is 5.97 Å². The Morgan fingerprint density at radius 3 is 2.71 bits per heavy atom. The summed E-state index contributed by atoms with van der Waals surface area (Å²) >= 11 is 0. The molecule has 90 valence electrons. The standard InChI is InChI=1S/C13H16N2O2/c1-13(2,12(16)17-3)9-5-4-8-6-11(14)15-10(8)7-9/h4-7,15H,14H2,1-3H3. The first kappa shape index (κ1) is 11.5. The van der Waals surface area contributed by atoms with Crippen molar-refractivity contribution in [2.24, 2.45) is 0 Å². The normalized spacial score (nSPS) is 11.7. The van der Waals surface area contributed by atoms with E-state index in [4.69, 9.17) is 10.5 Å². The molecule has 17 heavy (non-hydrogen) atoms. The highest BCUT2D eigenvalue weighted by Crippen LogP contribution is 2.28. The van der Waals surface area contributed by atoms with Gasteiger partial charge in [0.15, 0.2) is 0 Å². The number of aromatic amines is 1. The molecule has 0 spiro atoms. The van der Waals surface area contributed by atoms with Crippen LogP contribution in [0.3, 0.4) is 0 Å². The van der Waals surface area contributed by atoms with Crippen molar-refractivity contribution in [3.8, 4) is 0 Å². The maximum Gasteiger partial charge on any atom is 0.315 e. The number of hydrogen-bond donors (Lipinski definition) is 2. The topological polar surface area (TPSA) is 68.1 Å². The molecule has 4 heteroatoms. The summed E-state index contributed by atoms with van der Waals surface area (Å²) in [5.74, 6) is 0.365. The molecule has 2 aromatic rings. The minimum atomic E-state index is -0.664. The fourth-order valence-corrected chi connectivity index (χ4v) is 1.91. The molecule has 0 saturated carbocycles. The number of methoxy groups -OCH3 is 1. The number of nitrogens with two attached hydrogens (primary N) is 1. The van der Waals surface area contributed by atoms with Crippen LogP contribution in [-0.4, -0.2) is 18.1 Å². The number of aromatic nitrogens is 1. The van der Waals surface area contributed by atoms with Gasteiger partial charge in [-0.05, 0) is 31.5 Å². The van der Waals surface area contributed by atoms with Crippen molar-refractivity contribution in [2.45, 2.75) is 19.3 Å². The van der Waals surface area contributed by atoms with Crippen molar-refractivity contribution in [1.29, 1.82) is 0 Å². The number of nitrogens with one attached hydrogen (secondary N) is 1. The van der Waals surface area contributed by atoms with Gasteiger partial charge < -0.3 is 15.5 Å². The second kappa shape index (κ2) is 3.80. The fourth-order valence-electron chi connectivity index (χ4n) is 1.91. The highest BCUT2D eigenvalue weighted by molar-refractivity contribution is 5.87. The average Bonchev–Trinajstić information content (AvgIpc) is 2.66. The molecule has 1 aromatic carbocycles. The van der Waals surface area contributed by atoms with Gasteiger partial charge in [-0.2, -0.15) is 0 Å². The third-order valence-electron chi connectivity index (χ3n) is 3.06. The van der Waals surface area contributed by atoms with Gasteiger partial charge in [-0.25, -0.2) is 0 Å². The molecule has 1 heterocycles. The number of rotatable bonds is 2. The summed E-state index contributed by atoms with van der Waals surface area (Å²) in [5.41, 5.74) is 6.85. The van der Waals surface area contributed by atoms with Gasteiger partial charge in [0, 0.05) is 10.9 Å². The third kappa shape index (κ3) is 1.86.